The number of phenolic OH excluding ortho intramolecular Hbond substituents is 1. The van der Waals surface area contributed by atoms with Crippen LogP contribution < -0.4 is 4.31 Å². The molecule has 1 N–H and O–H groups in total. The Morgan fingerprint density at radius 1 is 1.00 bits per heavy atom. The van der Waals surface area contributed by atoms with Crippen molar-refractivity contribution in [3.63, 3.8) is 0 Å². The van der Waals surface area contributed by atoms with Crippen LogP contribution in [0.3, 0.4) is 0 Å². The highest BCUT2D eigenvalue weighted by Gasteiger charge is 2.23. The zero-order valence-corrected chi connectivity index (χ0v) is 14.1. The molecule has 0 atom stereocenters. The summed E-state index contributed by atoms with van der Waals surface area (Å²) in [5, 5.41) is 9.35. The van der Waals surface area contributed by atoms with E-state index in [0.29, 0.717) is 5.69 Å². The first-order chi connectivity index (χ1) is 11.4. The predicted octanol–water partition coefficient (Wildman–Crippen LogP) is 3.79. The first-order valence-electron chi connectivity index (χ1n) is 7.31. The number of phenols is 1. The fourth-order valence-electron chi connectivity index (χ4n) is 2.46. The van der Waals surface area contributed by atoms with E-state index in [1.165, 1.54) is 35.6 Å². The topological polar surface area (TPSA) is 70.8 Å². The van der Waals surface area contributed by atoms with Gasteiger partial charge in [-0.3, -0.25) is 4.31 Å². The van der Waals surface area contributed by atoms with Gasteiger partial charge in [-0.05, 0) is 54.4 Å². The molecule has 0 saturated heterocycles. The Kier molecular flexibility index (Phi) is 4.07. The van der Waals surface area contributed by atoms with Gasteiger partial charge >= 0.3 is 0 Å². The van der Waals surface area contributed by atoms with E-state index >= 15 is 0 Å². The number of nitrogens with zero attached hydrogens (tertiary/aromatic N) is 1. The molecule has 1 aromatic heterocycles. The molecule has 6 heteroatoms. The summed E-state index contributed by atoms with van der Waals surface area (Å²) in [6.07, 6.45) is 3.19. The summed E-state index contributed by atoms with van der Waals surface area (Å²) in [5.41, 5.74) is 3.18. The summed E-state index contributed by atoms with van der Waals surface area (Å²) in [4.78, 5) is 0.121. The lowest BCUT2D eigenvalue weighted by Crippen LogP contribution is -2.27. The zero-order valence-electron chi connectivity index (χ0n) is 13.3. The Morgan fingerprint density at radius 3 is 2.33 bits per heavy atom. The molecule has 0 aliphatic rings. The van der Waals surface area contributed by atoms with Crippen molar-refractivity contribution in [1.29, 1.82) is 0 Å². The van der Waals surface area contributed by atoms with Crippen LogP contribution in [0, 0.1) is 6.92 Å². The van der Waals surface area contributed by atoms with E-state index in [2.05, 4.69) is 0 Å². The predicted molar refractivity (Wildman–Crippen MR) is 92.6 cm³/mol. The molecule has 0 unspecified atom stereocenters. The van der Waals surface area contributed by atoms with Gasteiger partial charge < -0.3 is 9.52 Å². The van der Waals surface area contributed by atoms with Gasteiger partial charge in [0.15, 0.2) is 0 Å². The fraction of sp³-hybridized carbons (Fsp3) is 0.111. The number of anilines is 1. The van der Waals surface area contributed by atoms with E-state index in [4.69, 9.17) is 4.42 Å². The molecular weight excluding hydrogens is 326 g/mol. The van der Waals surface area contributed by atoms with E-state index in [1.54, 1.807) is 12.5 Å². The van der Waals surface area contributed by atoms with E-state index in [0.717, 1.165) is 16.7 Å². The monoisotopic (exact) mass is 343 g/mol. The van der Waals surface area contributed by atoms with Gasteiger partial charge in [0.1, 0.15) is 5.75 Å². The third kappa shape index (κ3) is 2.88. The van der Waals surface area contributed by atoms with Crippen molar-refractivity contribution in [2.45, 2.75) is 11.8 Å². The molecule has 0 spiro atoms. The van der Waals surface area contributed by atoms with E-state index < -0.39 is 10.0 Å². The number of sulfonamides is 1. The van der Waals surface area contributed by atoms with Crippen molar-refractivity contribution in [2.75, 3.05) is 11.4 Å². The summed E-state index contributed by atoms with van der Waals surface area (Å²) < 4.78 is 32.0. The van der Waals surface area contributed by atoms with Crippen LogP contribution in [-0.2, 0) is 10.0 Å². The zero-order chi connectivity index (χ0) is 17.3. The Morgan fingerprint density at radius 2 is 1.71 bits per heavy atom. The molecule has 3 aromatic rings. The van der Waals surface area contributed by atoms with Gasteiger partial charge in [0.05, 0.1) is 23.1 Å². The van der Waals surface area contributed by atoms with Crippen LogP contribution >= 0.6 is 0 Å². The second-order valence-electron chi connectivity index (χ2n) is 5.48. The van der Waals surface area contributed by atoms with Gasteiger partial charge in [0.2, 0.25) is 0 Å². The van der Waals surface area contributed by atoms with Crippen molar-refractivity contribution in [2.24, 2.45) is 0 Å². The molecule has 3 rings (SSSR count). The van der Waals surface area contributed by atoms with Crippen molar-refractivity contribution in [3.05, 3.63) is 66.6 Å². The number of aryl methyl sites for hydroxylation is 1. The number of furan rings is 1. The smallest absolute Gasteiger partial charge is 0.264 e. The molecule has 0 saturated carbocycles. The molecule has 2 aromatic carbocycles. The van der Waals surface area contributed by atoms with Crippen molar-refractivity contribution in [3.8, 4) is 16.9 Å². The molecule has 0 radical (unpaired) electrons. The molecule has 0 bridgehead atoms. The molecule has 0 fully saturated rings. The van der Waals surface area contributed by atoms with Crippen LogP contribution in [0.2, 0.25) is 0 Å². The average molecular weight is 343 g/mol. The summed E-state index contributed by atoms with van der Waals surface area (Å²) in [5.74, 6) is 0.0229. The summed E-state index contributed by atoms with van der Waals surface area (Å²) in [7, 11) is -2.20. The number of hydrogen-bond acceptors (Lipinski definition) is 4. The van der Waals surface area contributed by atoms with Crippen LogP contribution in [0.15, 0.2) is 70.4 Å². The molecule has 0 aliphatic carbocycles. The van der Waals surface area contributed by atoms with Crippen LogP contribution in [0.1, 0.15) is 5.56 Å². The standard InChI is InChI=1S/C18H17NO4S/c1-13-3-4-14(15-9-10-23-12-15)11-18(13)19(2)24(21,22)17-7-5-16(20)6-8-17/h3-12,20H,1-2H3. The maximum atomic E-state index is 12.8. The van der Waals surface area contributed by atoms with Gasteiger partial charge in [-0.15, -0.1) is 0 Å². The maximum absolute atomic E-state index is 12.8. The minimum Gasteiger partial charge on any atom is -0.508 e. The lowest BCUT2D eigenvalue weighted by molar-refractivity contribution is 0.475. The lowest BCUT2D eigenvalue weighted by atomic mass is 10.1. The van der Waals surface area contributed by atoms with Crippen molar-refractivity contribution in [1.82, 2.24) is 0 Å². The Labute approximate surface area is 140 Å². The molecule has 0 aliphatic heterocycles. The summed E-state index contributed by atoms with van der Waals surface area (Å²) in [6.45, 7) is 1.86. The molecular formula is C18H17NO4S. The molecule has 0 amide bonds. The van der Waals surface area contributed by atoms with E-state index in [-0.39, 0.29) is 10.6 Å². The number of hydrogen-bond donors (Lipinski definition) is 1. The van der Waals surface area contributed by atoms with Gasteiger partial charge in [0, 0.05) is 12.6 Å². The molecule has 124 valence electrons. The van der Waals surface area contributed by atoms with Crippen LogP contribution in [0.25, 0.3) is 11.1 Å². The molecule has 5 nitrogen and oxygen atoms in total. The molecule has 24 heavy (non-hydrogen) atoms. The quantitative estimate of drug-likeness (QED) is 0.782. The third-order valence-electron chi connectivity index (χ3n) is 3.90. The molecule has 1 heterocycles. The first kappa shape index (κ1) is 16.1. The van der Waals surface area contributed by atoms with Crippen LogP contribution in [0.4, 0.5) is 5.69 Å². The Balaban J connectivity index is 2.04. The highest BCUT2D eigenvalue weighted by atomic mass is 32.2. The van der Waals surface area contributed by atoms with Gasteiger partial charge in [-0.2, -0.15) is 0 Å². The highest BCUT2D eigenvalue weighted by molar-refractivity contribution is 7.92. The highest BCUT2D eigenvalue weighted by Crippen LogP contribution is 2.31. The van der Waals surface area contributed by atoms with Gasteiger partial charge in [-0.1, -0.05) is 12.1 Å². The number of aromatic hydroxyl groups is 1. The number of benzene rings is 2. The summed E-state index contributed by atoms with van der Waals surface area (Å²) >= 11 is 0. The third-order valence-corrected chi connectivity index (χ3v) is 5.68. The van der Waals surface area contributed by atoms with Gasteiger partial charge in [-0.25, -0.2) is 8.42 Å². The number of rotatable bonds is 4. The fourth-order valence-corrected chi connectivity index (χ4v) is 3.71. The van der Waals surface area contributed by atoms with E-state index in [9.17, 15) is 13.5 Å². The Hall–Kier alpha value is -2.73. The summed E-state index contributed by atoms with van der Waals surface area (Å²) in [6, 6.07) is 12.9. The lowest BCUT2D eigenvalue weighted by Gasteiger charge is -2.22. The Bertz CT molecular complexity index is 945. The second kappa shape index (κ2) is 6.05. The average Bonchev–Trinajstić information content (AvgIpc) is 3.09. The van der Waals surface area contributed by atoms with Crippen LogP contribution in [0.5, 0.6) is 5.75 Å². The maximum Gasteiger partial charge on any atom is 0.264 e. The minimum absolute atomic E-state index is 0.0229. The van der Waals surface area contributed by atoms with E-state index in [1.807, 2.05) is 31.2 Å². The van der Waals surface area contributed by atoms with Crippen molar-refractivity contribution >= 4 is 15.7 Å². The first-order valence-corrected chi connectivity index (χ1v) is 8.75. The van der Waals surface area contributed by atoms with Crippen molar-refractivity contribution < 1.29 is 17.9 Å². The van der Waals surface area contributed by atoms with Gasteiger partial charge in [0.25, 0.3) is 10.0 Å². The SMILES string of the molecule is Cc1ccc(-c2ccoc2)cc1N(C)S(=O)(=O)c1ccc(O)cc1. The van der Waals surface area contributed by atoms with Crippen LogP contribution in [-0.4, -0.2) is 20.6 Å². The largest absolute Gasteiger partial charge is 0.508 e. The second-order valence-corrected chi connectivity index (χ2v) is 7.45. The minimum atomic E-state index is -3.72. The normalized spacial score (nSPS) is 11.4.